The first-order valence-corrected chi connectivity index (χ1v) is 6.54. The lowest BCUT2D eigenvalue weighted by Gasteiger charge is -2.19. The Morgan fingerprint density at radius 1 is 1.35 bits per heavy atom. The highest BCUT2D eigenvalue weighted by Crippen LogP contribution is 2.25. The number of rotatable bonds is 2. The van der Waals surface area contributed by atoms with E-state index in [2.05, 4.69) is 0 Å². The van der Waals surface area contributed by atoms with Gasteiger partial charge in [-0.25, -0.2) is 9.59 Å². The zero-order valence-electron chi connectivity index (χ0n) is 11.2. The van der Waals surface area contributed by atoms with E-state index in [1.54, 1.807) is 11.9 Å². The summed E-state index contributed by atoms with van der Waals surface area (Å²) in [4.78, 5) is 26.4. The van der Waals surface area contributed by atoms with Crippen molar-refractivity contribution in [2.45, 2.75) is 18.8 Å². The molecule has 0 aliphatic carbocycles. The Hall–Kier alpha value is -2.24. The Morgan fingerprint density at radius 2 is 2.10 bits per heavy atom. The van der Waals surface area contributed by atoms with Gasteiger partial charge in [0.25, 0.3) is 0 Å². The number of nitrogens with zero attached hydrogens (tertiary/aromatic N) is 2. The summed E-state index contributed by atoms with van der Waals surface area (Å²) in [6, 6.07) is 9.46. The maximum atomic E-state index is 12.0. The van der Waals surface area contributed by atoms with E-state index in [9.17, 15) is 9.59 Å². The quantitative estimate of drug-likeness (QED) is 0.820. The van der Waals surface area contributed by atoms with Gasteiger partial charge in [0, 0.05) is 13.6 Å². The number of likely N-dealkylation sites (tertiary alicyclic amines) is 1. The van der Waals surface area contributed by atoms with Gasteiger partial charge in [0.1, 0.15) is 12.7 Å². The third-order valence-corrected chi connectivity index (χ3v) is 3.74. The first-order valence-electron chi connectivity index (χ1n) is 6.54. The fraction of sp³-hybridized carbons (Fsp3) is 0.429. The molecule has 6 heteroatoms. The molecule has 0 N–H and O–H groups in total. The van der Waals surface area contributed by atoms with Crippen molar-refractivity contribution in [1.29, 1.82) is 0 Å². The van der Waals surface area contributed by atoms with Crippen LogP contribution >= 0.6 is 0 Å². The SMILES string of the molecule is CN1C(=O)O[C@H]2CN(C(=O)OCc3ccccc3)C[C@H]21. The molecule has 3 rings (SSSR count). The minimum atomic E-state index is -0.368. The number of hydrogen-bond donors (Lipinski definition) is 0. The highest BCUT2D eigenvalue weighted by atomic mass is 16.6. The van der Waals surface area contributed by atoms with E-state index in [0.29, 0.717) is 13.1 Å². The molecule has 2 aliphatic heterocycles. The molecule has 2 saturated heterocycles. The highest BCUT2D eigenvalue weighted by Gasteiger charge is 2.47. The maximum Gasteiger partial charge on any atom is 0.410 e. The Morgan fingerprint density at radius 3 is 2.80 bits per heavy atom. The molecule has 1 aromatic carbocycles. The molecule has 2 fully saturated rings. The summed E-state index contributed by atoms with van der Waals surface area (Å²) in [5.74, 6) is 0. The van der Waals surface area contributed by atoms with Gasteiger partial charge in [-0.05, 0) is 5.56 Å². The summed E-state index contributed by atoms with van der Waals surface area (Å²) in [6.07, 6.45) is -0.929. The van der Waals surface area contributed by atoms with E-state index in [1.165, 1.54) is 4.90 Å². The predicted molar refractivity (Wildman–Crippen MR) is 70.0 cm³/mol. The topological polar surface area (TPSA) is 59.1 Å². The molecule has 2 heterocycles. The molecule has 2 amide bonds. The zero-order chi connectivity index (χ0) is 14.1. The van der Waals surface area contributed by atoms with Crippen molar-refractivity contribution in [3.63, 3.8) is 0 Å². The van der Waals surface area contributed by atoms with Crippen LogP contribution in [0.1, 0.15) is 5.56 Å². The number of amides is 2. The second kappa shape index (κ2) is 5.03. The highest BCUT2D eigenvalue weighted by molar-refractivity contribution is 5.73. The fourth-order valence-corrected chi connectivity index (χ4v) is 2.55. The number of fused-ring (bicyclic) bond motifs is 1. The van der Waals surface area contributed by atoms with Crippen LogP contribution < -0.4 is 0 Å². The number of carbonyl (C=O) groups excluding carboxylic acids is 2. The average molecular weight is 276 g/mol. The molecule has 0 radical (unpaired) electrons. The normalized spacial score (nSPS) is 24.6. The van der Waals surface area contributed by atoms with E-state index in [4.69, 9.17) is 9.47 Å². The molecule has 0 spiro atoms. The molecule has 1 aromatic rings. The molecule has 0 unspecified atom stereocenters. The van der Waals surface area contributed by atoms with Gasteiger partial charge in [0.05, 0.1) is 12.6 Å². The van der Waals surface area contributed by atoms with Gasteiger partial charge < -0.3 is 19.3 Å². The van der Waals surface area contributed by atoms with Crippen molar-refractivity contribution >= 4 is 12.2 Å². The zero-order valence-corrected chi connectivity index (χ0v) is 11.2. The number of hydrogen-bond acceptors (Lipinski definition) is 4. The minimum Gasteiger partial charge on any atom is -0.445 e. The summed E-state index contributed by atoms with van der Waals surface area (Å²) in [7, 11) is 1.69. The summed E-state index contributed by atoms with van der Waals surface area (Å²) in [5, 5.41) is 0. The van der Waals surface area contributed by atoms with E-state index >= 15 is 0 Å². The van der Waals surface area contributed by atoms with Crippen molar-refractivity contribution in [1.82, 2.24) is 9.80 Å². The van der Waals surface area contributed by atoms with Crippen LogP contribution in [0.3, 0.4) is 0 Å². The summed E-state index contributed by atoms with van der Waals surface area (Å²) in [5.41, 5.74) is 0.948. The maximum absolute atomic E-state index is 12.0. The number of carbonyl (C=O) groups is 2. The Labute approximate surface area is 116 Å². The van der Waals surface area contributed by atoms with E-state index in [-0.39, 0.29) is 30.9 Å². The second-order valence-electron chi connectivity index (χ2n) is 5.05. The molecular formula is C14H16N2O4. The van der Waals surface area contributed by atoms with Gasteiger partial charge in [-0.1, -0.05) is 30.3 Å². The van der Waals surface area contributed by atoms with Crippen LogP contribution in [-0.4, -0.2) is 54.3 Å². The lowest BCUT2D eigenvalue weighted by Crippen LogP contribution is -2.36. The van der Waals surface area contributed by atoms with E-state index in [1.807, 2.05) is 30.3 Å². The van der Waals surface area contributed by atoms with Crippen molar-refractivity contribution in [3.8, 4) is 0 Å². The van der Waals surface area contributed by atoms with Crippen molar-refractivity contribution in [2.24, 2.45) is 0 Å². The number of likely N-dealkylation sites (N-methyl/N-ethyl adjacent to an activating group) is 1. The smallest absolute Gasteiger partial charge is 0.410 e. The first kappa shape index (κ1) is 12.8. The van der Waals surface area contributed by atoms with Crippen LogP contribution in [0.2, 0.25) is 0 Å². The van der Waals surface area contributed by atoms with Crippen LogP contribution in [0.4, 0.5) is 9.59 Å². The lowest BCUT2D eigenvalue weighted by atomic mass is 10.2. The van der Waals surface area contributed by atoms with Gasteiger partial charge in [-0.15, -0.1) is 0 Å². The van der Waals surface area contributed by atoms with Crippen molar-refractivity contribution < 1.29 is 19.1 Å². The Kier molecular flexibility index (Phi) is 3.22. The van der Waals surface area contributed by atoms with Gasteiger partial charge >= 0.3 is 12.2 Å². The van der Waals surface area contributed by atoms with Gasteiger partial charge in [-0.2, -0.15) is 0 Å². The molecule has 106 valence electrons. The molecule has 6 nitrogen and oxygen atoms in total. The molecule has 2 atom stereocenters. The monoisotopic (exact) mass is 276 g/mol. The minimum absolute atomic E-state index is 0.0632. The van der Waals surface area contributed by atoms with Crippen LogP contribution in [0, 0.1) is 0 Å². The number of benzene rings is 1. The van der Waals surface area contributed by atoms with Crippen LogP contribution in [0.15, 0.2) is 30.3 Å². The third kappa shape index (κ3) is 2.29. The first-order chi connectivity index (χ1) is 9.65. The molecular weight excluding hydrogens is 260 g/mol. The average Bonchev–Trinajstić information content (AvgIpc) is 2.98. The Balaban J connectivity index is 1.54. The van der Waals surface area contributed by atoms with E-state index < -0.39 is 0 Å². The summed E-state index contributed by atoms with van der Waals surface area (Å²) in [6.45, 7) is 1.11. The largest absolute Gasteiger partial charge is 0.445 e. The molecule has 0 bridgehead atoms. The summed E-state index contributed by atoms with van der Waals surface area (Å²) < 4.78 is 10.4. The second-order valence-corrected chi connectivity index (χ2v) is 5.05. The Bertz CT molecular complexity index is 519. The molecule has 20 heavy (non-hydrogen) atoms. The molecule has 2 aliphatic rings. The molecule has 0 aromatic heterocycles. The summed E-state index contributed by atoms with van der Waals surface area (Å²) >= 11 is 0. The van der Waals surface area contributed by atoms with E-state index in [0.717, 1.165) is 5.56 Å². The van der Waals surface area contributed by atoms with Crippen molar-refractivity contribution in [2.75, 3.05) is 20.1 Å². The van der Waals surface area contributed by atoms with Crippen molar-refractivity contribution in [3.05, 3.63) is 35.9 Å². The van der Waals surface area contributed by atoms with Gasteiger partial charge in [0.2, 0.25) is 0 Å². The lowest BCUT2D eigenvalue weighted by molar-refractivity contribution is 0.0884. The third-order valence-electron chi connectivity index (χ3n) is 3.74. The fourth-order valence-electron chi connectivity index (χ4n) is 2.55. The van der Waals surface area contributed by atoms with Crippen LogP contribution in [-0.2, 0) is 16.1 Å². The van der Waals surface area contributed by atoms with Crippen LogP contribution in [0.5, 0.6) is 0 Å². The molecule has 0 saturated carbocycles. The number of ether oxygens (including phenoxy) is 2. The van der Waals surface area contributed by atoms with Gasteiger partial charge in [0.15, 0.2) is 0 Å². The predicted octanol–water partition coefficient (Wildman–Crippen LogP) is 1.46. The van der Waals surface area contributed by atoms with Gasteiger partial charge in [-0.3, -0.25) is 0 Å². The van der Waals surface area contributed by atoms with Crippen LogP contribution in [0.25, 0.3) is 0 Å². The standard InChI is InChI=1S/C14H16N2O4/c1-15-11-7-16(8-12(11)20-13(15)17)14(18)19-9-10-5-3-2-4-6-10/h2-6,11-12H,7-9H2,1H3/t11-,12+/m1/s1.